The molecule has 0 aromatic heterocycles. The maximum atomic E-state index is 9.40. The van der Waals surface area contributed by atoms with Gasteiger partial charge >= 0.3 is 0 Å². The Morgan fingerprint density at radius 2 is 1.84 bits per heavy atom. The largest absolute Gasteiger partial charge is 0.396 e. The Balaban J connectivity index is 1.91. The molecule has 0 saturated carbocycles. The number of hydrogen-bond donors (Lipinski definition) is 1. The fourth-order valence-corrected chi connectivity index (χ4v) is 2.54. The van der Waals surface area contributed by atoms with Crippen LogP contribution in [0, 0.1) is 11.3 Å². The zero-order chi connectivity index (χ0) is 13.5. The van der Waals surface area contributed by atoms with Gasteiger partial charge in [0, 0.05) is 39.3 Å². The SMILES string of the molecule is N#CC(c1ccccc1)N1CCN(CCCO)CC1. The van der Waals surface area contributed by atoms with Crippen LogP contribution in [0.15, 0.2) is 30.3 Å². The van der Waals surface area contributed by atoms with Gasteiger partial charge in [-0.15, -0.1) is 0 Å². The molecule has 1 heterocycles. The van der Waals surface area contributed by atoms with Gasteiger partial charge in [0.05, 0.1) is 6.07 Å². The van der Waals surface area contributed by atoms with Crippen LogP contribution in [-0.4, -0.2) is 54.2 Å². The highest BCUT2D eigenvalue weighted by Crippen LogP contribution is 2.21. The molecular weight excluding hydrogens is 238 g/mol. The second-order valence-corrected chi connectivity index (χ2v) is 4.90. The van der Waals surface area contributed by atoms with E-state index < -0.39 is 0 Å². The van der Waals surface area contributed by atoms with Gasteiger partial charge in [-0.3, -0.25) is 4.90 Å². The summed E-state index contributed by atoms with van der Waals surface area (Å²) in [5, 5.41) is 18.2. The molecule has 0 aliphatic carbocycles. The van der Waals surface area contributed by atoms with Crippen molar-refractivity contribution in [1.29, 1.82) is 5.26 Å². The second kappa shape index (κ2) is 7.25. The molecule has 1 unspecified atom stereocenters. The van der Waals surface area contributed by atoms with Crippen molar-refractivity contribution in [3.63, 3.8) is 0 Å². The van der Waals surface area contributed by atoms with Gasteiger partial charge < -0.3 is 10.0 Å². The van der Waals surface area contributed by atoms with Crippen LogP contribution in [0.3, 0.4) is 0 Å². The first-order valence-corrected chi connectivity index (χ1v) is 6.87. The lowest BCUT2D eigenvalue weighted by Crippen LogP contribution is -2.47. The molecule has 1 aromatic carbocycles. The van der Waals surface area contributed by atoms with E-state index in [4.69, 9.17) is 5.11 Å². The lowest BCUT2D eigenvalue weighted by molar-refractivity contribution is 0.108. The van der Waals surface area contributed by atoms with Crippen molar-refractivity contribution < 1.29 is 5.11 Å². The van der Waals surface area contributed by atoms with Crippen molar-refractivity contribution in [2.24, 2.45) is 0 Å². The van der Waals surface area contributed by atoms with Gasteiger partial charge in [0.25, 0.3) is 0 Å². The lowest BCUT2D eigenvalue weighted by atomic mass is 10.1. The van der Waals surface area contributed by atoms with Crippen molar-refractivity contribution in [1.82, 2.24) is 9.80 Å². The number of hydrogen-bond acceptors (Lipinski definition) is 4. The Morgan fingerprint density at radius 1 is 1.16 bits per heavy atom. The Morgan fingerprint density at radius 3 is 2.42 bits per heavy atom. The van der Waals surface area contributed by atoms with Gasteiger partial charge in [-0.05, 0) is 12.0 Å². The van der Waals surface area contributed by atoms with Gasteiger partial charge in [0.15, 0.2) is 0 Å². The van der Waals surface area contributed by atoms with E-state index in [1.54, 1.807) is 0 Å². The highest BCUT2D eigenvalue weighted by atomic mass is 16.3. The summed E-state index contributed by atoms with van der Waals surface area (Å²) >= 11 is 0. The number of aliphatic hydroxyl groups is 1. The molecule has 4 heteroatoms. The fraction of sp³-hybridized carbons (Fsp3) is 0.533. The summed E-state index contributed by atoms with van der Waals surface area (Å²) in [7, 11) is 0. The minimum absolute atomic E-state index is 0.138. The highest BCUT2D eigenvalue weighted by Gasteiger charge is 2.24. The Kier molecular flexibility index (Phi) is 5.34. The van der Waals surface area contributed by atoms with Gasteiger partial charge in [-0.1, -0.05) is 30.3 Å². The minimum atomic E-state index is -0.138. The molecule has 1 aromatic rings. The molecule has 0 bridgehead atoms. The summed E-state index contributed by atoms with van der Waals surface area (Å²) in [4.78, 5) is 4.59. The van der Waals surface area contributed by atoms with E-state index in [0.717, 1.165) is 44.7 Å². The smallest absolute Gasteiger partial charge is 0.123 e. The van der Waals surface area contributed by atoms with Crippen molar-refractivity contribution >= 4 is 0 Å². The van der Waals surface area contributed by atoms with E-state index in [2.05, 4.69) is 15.9 Å². The summed E-state index contributed by atoms with van der Waals surface area (Å²) in [6.45, 7) is 4.99. The van der Waals surface area contributed by atoms with Crippen LogP contribution in [0.4, 0.5) is 0 Å². The first-order valence-electron chi connectivity index (χ1n) is 6.87. The zero-order valence-corrected chi connectivity index (χ0v) is 11.2. The van der Waals surface area contributed by atoms with E-state index in [1.165, 1.54) is 0 Å². The topological polar surface area (TPSA) is 50.5 Å². The molecule has 1 saturated heterocycles. The Bertz CT molecular complexity index is 407. The Labute approximate surface area is 114 Å². The third-order valence-electron chi connectivity index (χ3n) is 3.64. The van der Waals surface area contributed by atoms with Crippen LogP contribution in [0.5, 0.6) is 0 Å². The first-order chi connectivity index (χ1) is 9.35. The predicted molar refractivity (Wildman–Crippen MR) is 74.5 cm³/mol. The van der Waals surface area contributed by atoms with Crippen LogP contribution in [-0.2, 0) is 0 Å². The average molecular weight is 259 g/mol. The molecule has 0 radical (unpaired) electrons. The molecule has 2 rings (SSSR count). The molecule has 4 nitrogen and oxygen atoms in total. The molecule has 1 N–H and O–H groups in total. The highest BCUT2D eigenvalue weighted by molar-refractivity contribution is 5.24. The summed E-state index contributed by atoms with van der Waals surface area (Å²) in [5.41, 5.74) is 1.08. The van der Waals surface area contributed by atoms with Gasteiger partial charge in [0.2, 0.25) is 0 Å². The molecule has 1 aliphatic rings. The number of aliphatic hydroxyl groups excluding tert-OH is 1. The van der Waals surface area contributed by atoms with Crippen LogP contribution in [0.2, 0.25) is 0 Å². The molecule has 1 aliphatic heterocycles. The van der Waals surface area contributed by atoms with E-state index in [-0.39, 0.29) is 12.6 Å². The first kappa shape index (κ1) is 14.0. The number of rotatable bonds is 5. The van der Waals surface area contributed by atoms with E-state index >= 15 is 0 Å². The normalized spacial score (nSPS) is 18.9. The lowest BCUT2D eigenvalue weighted by Gasteiger charge is -2.36. The van der Waals surface area contributed by atoms with Crippen molar-refractivity contribution in [2.45, 2.75) is 12.5 Å². The molecule has 1 fully saturated rings. The number of nitriles is 1. The average Bonchev–Trinajstić information content (AvgIpc) is 2.48. The van der Waals surface area contributed by atoms with Gasteiger partial charge in [-0.2, -0.15) is 5.26 Å². The second-order valence-electron chi connectivity index (χ2n) is 4.90. The molecule has 1 atom stereocenters. The maximum Gasteiger partial charge on any atom is 0.123 e. The Hall–Kier alpha value is -1.41. The van der Waals surface area contributed by atoms with Crippen molar-refractivity contribution in [2.75, 3.05) is 39.3 Å². The van der Waals surface area contributed by atoms with Crippen molar-refractivity contribution in [3.05, 3.63) is 35.9 Å². The summed E-state index contributed by atoms with van der Waals surface area (Å²) in [6.07, 6.45) is 0.834. The third kappa shape index (κ3) is 3.77. The van der Waals surface area contributed by atoms with E-state index in [9.17, 15) is 5.26 Å². The maximum absolute atomic E-state index is 9.40. The summed E-state index contributed by atoms with van der Waals surface area (Å²) < 4.78 is 0. The molecule has 0 spiro atoms. The van der Waals surface area contributed by atoms with Crippen molar-refractivity contribution in [3.8, 4) is 6.07 Å². The monoisotopic (exact) mass is 259 g/mol. The number of piperazine rings is 1. The quantitative estimate of drug-likeness (QED) is 0.864. The van der Waals surface area contributed by atoms with E-state index in [0.29, 0.717) is 0 Å². The molecule has 19 heavy (non-hydrogen) atoms. The summed E-state index contributed by atoms with van der Waals surface area (Å²) in [6, 6.07) is 12.3. The van der Waals surface area contributed by atoms with Gasteiger partial charge in [0.1, 0.15) is 6.04 Å². The van der Waals surface area contributed by atoms with Crippen LogP contribution in [0.25, 0.3) is 0 Å². The van der Waals surface area contributed by atoms with E-state index in [1.807, 2.05) is 30.3 Å². The van der Waals surface area contributed by atoms with Crippen LogP contribution < -0.4 is 0 Å². The molecular formula is C15H21N3O. The van der Waals surface area contributed by atoms with Gasteiger partial charge in [-0.25, -0.2) is 0 Å². The number of nitrogens with zero attached hydrogens (tertiary/aromatic N) is 3. The minimum Gasteiger partial charge on any atom is -0.396 e. The predicted octanol–water partition coefficient (Wildman–Crippen LogP) is 1.25. The standard InChI is InChI=1S/C15H21N3O/c16-13-15(14-5-2-1-3-6-14)18-10-8-17(9-11-18)7-4-12-19/h1-3,5-6,15,19H,4,7-12H2. The van der Waals surface area contributed by atoms with Crippen LogP contribution in [0.1, 0.15) is 18.0 Å². The fourth-order valence-electron chi connectivity index (χ4n) is 2.54. The zero-order valence-electron chi connectivity index (χ0n) is 11.2. The molecule has 0 amide bonds. The third-order valence-corrected chi connectivity index (χ3v) is 3.64. The van der Waals surface area contributed by atoms with Crippen LogP contribution >= 0.6 is 0 Å². The summed E-state index contributed by atoms with van der Waals surface area (Å²) in [5.74, 6) is 0. The number of benzene rings is 1. The molecule has 102 valence electrons.